The Morgan fingerprint density at radius 1 is 1.19 bits per heavy atom. The Kier molecular flexibility index (Phi) is 4.21. The Morgan fingerprint density at radius 3 is 2.78 bits per heavy atom. The topological polar surface area (TPSA) is 117 Å². The average molecular weight is 384 g/mol. The number of carbonyl (C=O) groups excluding carboxylic acids is 1. The number of nitrogens with one attached hydrogen (secondary N) is 1. The van der Waals surface area contributed by atoms with Crippen LogP contribution in [-0.4, -0.2) is 34.1 Å². The van der Waals surface area contributed by atoms with E-state index in [1.807, 2.05) is 6.07 Å². The largest absolute Gasteiger partial charge is 0.507 e. The molecule has 2 heterocycles. The van der Waals surface area contributed by atoms with Gasteiger partial charge in [0.1, 0.15) is 11.3 Å². The number of carboxylic acids is 1. The number of amidine groups is 1. The predicted octanol–water partition coefficient (Wildman–Crippen LogP) is 2.71. The molecule has 0 radical (unpaired) electrons. The molecule has 2 aromatic carbocycles. The molecule has 1 fully saturated rings. The zero-order valence-corrected chi connectivity index (χ0v) is 14.4. The second-order valence-electron chi connectivity index (χ2n) is 5.60. The first-order valence-electron chi connectivity index (χ1n) is 7.75. The number of phenols is 1. The number of thioether (sulfide) groups is 1. The molecule has 2 aliphatic rings. The van der Waals surface area contributed by atoms with Crippen LogP contribution in [0.25, 0.3) is 6.08 Å². The molecule has 2 aromatic rings. The lowest BCUT2D eigenvalue weighted by molar-refractivity contribution is -0.115. The van der Waals surface area contributed by atoms with Gasteiger partial charge in [-0.1, -0.05) is 6.07 Å². The molecule has 9 heteroatoms. The summed E-state index contributed by atoms with van der Waals surface area (Å²) in [7, 11) is 0. The van der Waals surface area contributed by atoms with Gasteiger partial charge in [-0.3, -0.25) is 4.79 Å². The number of ether oxygens (including phenoxy) is 2. The SMILES string of the molecule is O=C1NC(=Nc2ccc(C(=O)O)c(O)c2)S/C1=C\c1ccc2c(c1)OCO2. The van der Waals surface area contributed by atoms with Gasteiger partial charge >= 0.3 is 5.97 Å². The fourth-order valence-electron chi connectivity index (χ4n) is 2.52. The van der Waals surface area contributed by atoms with Crippen LogP contribution < -0.4 is 14.8 Å². The molecular formula is C18H12N2O6S. The Labute approximate surface area is 157 Å². The molecule has 0 unspecified atom stereocenters. The first kappa shape index (κ1) is 17.0. The molecular weight excluding hydrogens is 372 g/mol. The molecule has 0 aromatic heterocycles. The maximum atomic E-state index is 12.2. The quantitative estimate of drug-likeness (QED) is 0.697. The monoisotopic (exact) mass is 384 g/mol. The van der Waals surface area contributed by atoms with E-state index in [4.69, 9.17) is 14.6 Å². The zero-order valence-electron chi connectivity index (χ0n) is 13.6. The minimum absolute atomic E-state index is 0.176. The van der Waals surface area contributed by atoms with Gasteiger partial charge in [0, 0.05) is 6.07 Å². The second kappa shape index (κ2) is 6.69. The molecule has 4 rings (SSSR count). The van der Waals surface area contributed by atoms with E-state index < -0.39 is 11.7 Å². The smallest absolute Gasteiger partial charge is 0.339 e. The number of carbonyl (C=O) groups is 2. The fourth-order valence-corrected chi connectivity index (χ4v) is 3.36. The van der Waals surface area contributed by atoms with E-state index in [-0.39, 0.29) is 18.3 Å². The van der Waals surface area contributed by atoms with Crippen molar-refractivity contribution in [3.05, 3.63) is 52.4 Å². The number of hydrogen-bond acceptors (Lipinski definition) is 7. The van der Waals surface area contributed by atoms with Gasteiger partial charge in [-0.05, 0) is 47.7 Å². The van der Waals surface area contributed by atoms with Gasteiger partial charge in [0.15, 0.2) is 16.7 Å². The Hall–Kier alpha value is -3.46. The van der Waals surface area contributed by atoms with Crippen LogP contribution >= 0.6 is 11.8 Å². The number of hydrogen-bond donors (Lipinski definition) is 3. The Morgan fingerprint density at radius 2 is 2.00 bits per heavy atom. The third-order valence-electron chi connectivity index (χ3n) is 3.79. The average Bonchev–Trinajstić information content (AvgIpc) is 3.21. The molecule has 0 aliphatic carbocycles. The normalized spacial score (nSPS) is 18.1. The maximum Gasteiger partial charge on any atom is 0.339 e. The van der Waals surface area contributed by atoms with E-state index in [0.717, 1.165) is 17.3 Å². The van der Waals surface area contributed by atoms with Crippen LogP contribution in [0.2, 0.25) is 0 Å². The lowest BCUT2D eigenvalue weighted by Gasteiger charge is -2.01. The van der Waals surface area contributed by atoms with Crippen LogP contribution in [0, 0.1) is 0 Å². The van der Waals surface area contributed by atoms with Gasteiger partial charge in [-0.15, -0.1) is 0 Å². The Bertz CT molecular complexity index is 1030. The lowest BCUT2D eigenvalue weighted by Crippen LogP contribution is -2.19. The summed E-state index contributed by atoms with van der Waals surface area (Å²) in [5, 5.41) is 21.6. The number of benzene rings is 2. The van der Waals surface area contributed by atoms with Crippen molar-refractivity contribution < 1.29 is 29.3 Å². The number of fused-ring (bicyclic) bond motifs is 1. The number of nitrogens with zero attached hydrogens (tertiary/aromatic N) is 1. The number of aromatic carboxylic acids is 1. The van der Waals surface area contributed by atoms with Gasteiger partial charge in [-0.25, -0.2) is 9.79 Å². The number of aromatic hydroxyl groups is 1. The van der Waals surface area contributed by atoms with Crippen molar-refractivity contribution in [2.75, 3.05) is 6.79 Å². The molecule has 3 N–H and O–H groups in total. The summed E-state index contributed by atoms with van der Waals surface area (Å²) < 4.78 is 10.6. The second-order valence-corrected chi connectivity index (χ2v) is 6.63. The van der Waals surface area contributed by atoms with Crippen LogP contribution in [0.5, 0.6) is 17.2 Å². The highest BCUT2D eigenvalue weighted by molar-refractivity contribution is 8.18. The minimum Gasteiger partial charge on any atom is -0.507 e. The van der Waals surface area contributed by atoms with Crippen molar-refractivity contribution in [2.45, 2.75) is 0 Å². The summed E-state index contributed by atoms with van der Waals surface area (Å²) in [6, 6.07) is 9.29. The highest BCUT2D eigenvalue weighted by Crippen LogP contribution is 2.35. The first-order valence-corrected chi connectivity index (χ1v) is 8.57. The third-order valence-corrected chi connectivity index (χ3v) is 4.70. The highest BCUT2D eigenvalue weighted by atomic mass is 32.2. The van der Waals surface area contributed by atoms with Crippen molar-refractivity contribution in [1.29, 1.82) is 0 Å². The van der Waals surface area contributed by atoms with Crippen molar-refractivity contribution in [2.24, 2.45) is 4.99 Å². The van der Waals surface area contributed by atoms with Gasteiger partial charge in [0.05, 0.1) is 10.6 Å². The number of aliphatic imine (C=N–C) groups is 1. The van der Waals surface area contributed by atoms with Crippen LogP contribution in [-0.2, 0) is 4.79 Å². The number of rotatable bonds is 3. The first-order chi connectivity index (χ1) is 13.0. The molecule has 1 amide bonds. The molecule has 0 saturated carbocycles. The van der Waals surface area contributed by atoms with E-state index in [1.54, 1.807) is 18.2 Å². The van der Waals surface area contributed by atoms with Crippen molar-refractivity contribution in [3.8, 4) is 17.2 Å². The summed E-state index contributed by atoms with van der Waals surface area (Å²) in [4.78, 5) is 27.8. The summed E-state index contributed by atoms with van der Waals surface area (Å²) in [5.74, 6) is -0.648. The third kappa shape index (κ3) is 3.44. The van der Waals surface area contributed by atoms with Crippen LogP contribution in [0.4, 0.5) is 5.69 Å². The van der Waals surface area contributed by atoms with E-state index in [0.29, 0.717) is 27.3 Å². The van der Waals surface area contributed by atoms with Crippen LogP contribution in [0.15, 0.2) is 46.3 Å². The molecule has 27 heavy (non-hydrogen) atoms. The Balaban J connectivity index is 1.56. The molecule has 8 nitrogen and oxygen atoms in total. The molecule has 2 aliphatic heterocycles. The zero-order chi connectivity index (χ0) is 19.0. The number of amides is 1. The van der Waals surface area contributed by atoms with Gasteiger partial charge in [0.2, 0.25) is 6.79 Å². The van der Waals surface area contributed by atoms with Crippen molar-refractivity contribution in [3.63, 3.8) is 0 Å². The molecule has 1 saturated heterocycles. The van der Waals surface area contributed by atoms with E-state index in [9.17, 15) is 14.7 Å². The minimum atomic E-state index is -1.23. The summed E-state index contributed by atoms with van der Waals surface area (Å²) >= 11 is 1.14. The van der Waals surface area contributed by atoms with Gasteiger partial charge in [0.25, 0.3) is 5.91 Å². The van der Waals surface area contributed by atoms with Crippen LogP contribution in [0.1, 0.15) is 15.9 Å². The highest BCUT2D eigenvalue weighted by Gasteiger charge is 2.24. The maximum absolute atomic E-state index is 12.2. The fraction of sp³-hybridized carbons (Fsp3) is 0.0556. The lowest BCUT2D eigenvalue weighted by atomic mass is 10.2. The van der Waals surface area contributed by atoms with Crippen molar-refractivity contribution in [1.82, 2.24) is 5.32 Å². The summed E-state index contributed by atoms with van der Waals surface area (Å²) in [6.07, 6.45) is 1.70. The van der Waals surface area contributed by atoms with Crippen LogP contribution in [0.3, 0.4) is 0 Å². The predicted molar refractivity (Wildman–Crippen MR) is 98.4 cm³/mol. The van der Waals surface area contributed by atoms with E-state index in [2.05, 4.69) is 10.3 Å². The standard InChI is InChI=1S/C18H12N2O6S/c21-12-7-10(2-3-11(12)17(23)24)19-18-20-16(22)15(27-18)6-9-1-4-13-14(5-9)26-8-25-13/h1-7,21H,8H2,(H,23,24)(H,19,20,22)/b15-6-. The van der Waals surface area contributed by atoms with Crippen molar-refractivity contribution >= 4 is 40.6 Å². The molecule has 136 valence electrons. The molecule has 0 atom stereocenters. The van der Waals surface area contributed by atoms with E-state index in [1.165, 1.54) is 18.2 Å². The van der Waals surface area contributed by atoms with Gasteiger partial charge in [-0.2, -0.15) is 0 Å². The summed E-state index contributed by atoms with van der Waals surface area (Å²) in [6.45, 7) is 0.176. The van der Waals surface area contributed by atoms with E-state index >= 15 is 0 Å². The summed E-state index contributed by atoms with van der Waals surface area (Å²) in [5.41, 5.74) is 0.886. The number of carboxylic acid groups (broad SMARTS) is 1. The molecule has 0 spiro atoms. The molecule has 0 bridgehead atoms. The van der Waals surface area contributed by atoms with Gasteiger partial charge < -0.3 is 25.0 Å².